The molecule has 0 aliphatic rings. The Morgan fingerprint density at radius 3 is 1.00 bits per heavy atom. The molecule has 0 unspecified atom stereocenters. The summed E-state index contributed by atoms with van der Waals surface area (Å²) in [6.45, 7) is 42.5. The fourth-order valence-electron chi connectivity index (χ4n) is 1.30. The molecule has 0 aromatic heterocycles. The summed E-state index contributed by atoms with van der Waals surface area (Å²) in [5.74, 6) is 1.75. The van der Waals surface area contributed by atoms with E-state index in [0.717, 1.165) is 16.2 Å². The minimum atomic E-state index is 0.237. The van der Waals surface area contributed by atoms with E-state index in [2.05, 4.69) is 124 Å². The Balaban J connectivity index is -0.0000000703. The highest BCUT2D eigenvalue weighted by molar-refractivity contribution is 8.23. The van der Waals surface area contributed by atoms with Gasteiger partial charge in [0.25, 0.3) is 0 Å². The molecule has 0 heterocycles. The number of hydrogen-bond acceptors (Lipinski definition) is 2. The van der Waals surface area contributed by atoms with Crippen LogP contribution in [0.15, 0.2) is 12.7 Å². The molecule has 3 heteroatoms. The fourth-order valence-corrected chi connectivity index (χ4v) is 2.75. The van der Waals surface area contributed by atoms with E-state index < -0.39 is 0 Å². The highest BCUT2D eigenvalue weighted by Crippen LogP contribution is 2.25. The van der Waals surface area contributed by atoms with Crippen LogP contribution >= 0.6 is 24.0 Å². The van der Waals surface area contributed by atoms with Crippen molar-refractivity contribution in [1.82, 2.24) is 4.90 Å². The van der Waals surface area contributed by atoms with Gasteiger partial charge in [-0.1, -0.05) is 154 Å². The van der Waals surface area contributed by atoms with Crippen molar-refractivity contribution in [2.75, 3.05) is 14.1 Å². The summed E-state index contributed by atoms with van der Waals surface area (Å²) < 4.78 is 1.19. The van der Waals surface area contributed by atoms with Crippen molar-refractivity contribution in [2.45, 2.75) is 142 Å². The van der Waals surface area contributed by atoms with Crippen molar-refractivity contribution < 1.29 is 0 Å². The summed E-state index contributed by atoms with van der Waals surface area (Å²) in [7, 11) is 3.95. The summed E-state index contributed by atoms with van der Waals surface area (Å²) >= 11 is 6.84. The molecular weight excluding hydrogens is 438 g/mol. The predicted molar refractivity (Wildman–Crippen MR) is 170 cm³/mol. The average Bonchev–Trinajstić information content (AvgIpc) is 2.42. The quantitative estimate of drug-likeness (QED) is 0.270. The van der Waals surface area contributed by atoms with Crippen LogP contribution in [0.2, 0.25) is 0 Å². The lowest BCUT2D eigenvalue weighted by molar-refractivity contribution is 0.469. The Morgan fingerprint density at radius 1 is 0.788 bits per heavy atom. The van der Waals surface area contributed by atoms with Crippen molar-refractivity contribution in [3.05, 3.63) is 12.7 Å². The number of thiocarbonyl (C=S) groups is 1. The number of hydrogen-bond donors (Lipinski definition) is 0. The van der Waals surface area contributed by atoms with E-state index in [4.69, 9.17) is 12.2 Å². The molecule has 0 radical (unpaired) electrons. The van der Waals surface area contributed by atoms with Crippen LogP contribution < -0.4 is 0 Å². The third-order valence-electron chi connectivity index (χ3n) is 1.70. The van der Waals surface area contributed by atoms with Crippen molar-refractivity contribution in [3.8, 4) is 0 Å². The maximum atomic E-state index is 5.11. The second kappa shape index (κ2) is 26.6. The van der Waals surface area contributed by atoms with Gasteiger partial charge in [-0.25, -0.2) is 0 Å². The van der Waals surface area contributed by atoms with E-state index in [0.29, 0.717) is 10.8 Å². The third kappa shape index (κ3) is 171. The zero-order chi connectivity index (χ0) is 28.6. The molecule has 0 aliphatic carbocycles. The molecule has 0 saturated carbocycles. The SMILES string of the molecule is C=CC.CC(C)(C)C.CC(C)(C)C.CC(C)CC(C)C.CCC.CN(C)C(=S)SC(C)(C)C. The molecule has 0 atom stereocenters. The maximum Gasteiger partial charge on any atom is 0.136 e. The van der Waals surface area contributed by atoms with Crippen molar-refractivity contribution in [2.24, 2.45) is 22.7 Å². The maximum absolute atomic E-state index is 5.11. The van der Waals surface area contributed by atoms with E-state index in [1.54, 1.807) is 17.8 Å². The van der Waals surface area contributed by atoms with Crippen molar-refractivity contribution in [1.29, 1.82) is 0 Å². The predicted octanol–water partition coefficient (Wildman–Crippen LogP) is 11.8. The summed E-state index contributed by atoms with van der Waals surface area (Å²) in [6.07, 6.45) is 4.36. The molecule has 0 spiro atoms. The summed E-state index contributed by atoms with van der Waals surface area (Å²) in [5, 5.41) is 0. The topological polar surface area (TPSA) is 3.24 Å². The lowest BCUT2D eigenvalue weighted by atomic mass is 10.0. The lowest BCUT2D eigenvalue weighted by Gasteiger charge is -2.21. The zero-order valence-electron chi connectivity index (χ0n) is 27.1. The zero-order valence-corrected chi connectivity index (χ0v) is 28.8. The summed E-state index contributed by atoms with van der Waals surface area (Å²) in [6, 6.07) is 0. The number of nitrogens with zero attached hydrogens (tertiary/aromatic N) is 1. The van der Waals surface area contributed by atoms with E-state index in [1.165, 1.54) is 12.8 Å². The second-order valence-electron chi connectivity index (χ2n) is 13.5. The number of thioether (sulfide) groups is 1. The van der Waals surface area contributed by atoms with Gasteiger partial charge in [-0.2, -0.15) is 0 Å². The van der Waals surface area contributed by atoms with Gasteiger partial charge in [0.1, 0.15) is 4.32 Å². The van der Waals surface area contributed by atoms with Gasteiger partial charge in [-0.05, 0) is 36.0 Å². The smallest absolute Gasteiger partial charge is 0.136 e. The van der Waals surface area contributed by atoms with Gasteiger partial charge in [0.15, 0.2) is 0 Å². The summed E-state index contributed by atoms with van der Waals surface area (Å²) in [4.78, 5) is 1.96. The van der Waals surface area contributed by atoms with Crippen LogP contribution in [0.3, 0.4) is 0 Å². The minimum Gasteiger partial charge on any atom is -0.364 e. The van der Waals surface area contributed by atoms with Crippen LogP contribution in [-0.4, -0.2) is 28.1 Å². The lowest BCUT2D eigenvalue weighted by Crippen LogP contribution is -2.22. The minimum absolute atomic E-state index is 0.237. The first-order valence-electron chi connectivity index (χ1n) is 12.8. The van der Waals surface area contributed by atoms with Gasteiger partial charge in [0.2, 0.25) is 0 Å². The van der Waals surface area contributed by atoms with Crippen LogP contribution in [0.5, 0.6) is 0 Å². The molecule has 0 bridgehead atoms. The number of allylic oxidation sites excluding steroid dienone is 1. The molecule has 0 aromatic carbocycles. The first-order valence-corrected chi connectivity index (χ1v) is 14.0. The molecule has 206 valence electrons. The Bertz CT molecular complexity index is 359. The van der Waals surface area contributed by atoms with Gasteiger partial charge in [-0.15, -0.1) is 6.58 Å². The molecule has 0 fully saturated rings. The molecule has 0 aromatic rings. The van der Waals surface area contributed by atoms with Crippen molar-refractivity contribution in [3.63, 3.8) is 0 Å². The van der Waals surface area contributed by atoms with Gasteiger partial charge < -0.3 is 4.90 Å². The monoisotopic (exact) mass is 507 g/mol. The van der Waals surface area contributed by atoms with E-state index >= 15 is 0 Å². The molecule has 1 nitrogen and oxygen atoms in total. The van der Waals surface area contributed by atoms with Gasteiger partial charge >= 0.3 is 0 Å². The molecule has 0 saturated heterocycles. The first-order chi connectivity index (χ1) is 14.3. The fraction of sp³-hybridized carbons (Fsp3) is 0.900. The van der Waals surface area contributed by atoms with E-state index in [1.807, 2.05) is 25.9 Å². The van der Waals surface area contributed by atoms with Crippen LogP contribution in [0.4, 0.5) is 0 Å². The summed E-state index contributed by atoms with van der Waals surface area (Å²) in [5.41, 5.74) is 1.00. The second-order valence-corrected chi connectivity index (χ2v) is 16.0. The standard InChI is InChI=1S/C7H15NS2.C7H16.2C5H12.C3H8.C3H6/c1-7(2,3)10-6(9)8(4)5;1-6(2)5-7(3)4;2*1-5(2,3)4;2*1-3-2/h1-5H3;6-7H,5H2,1-4H3;2*1-4H3;3H2,1-2H3;3H,1H2,2H3. The highest BCUT2D eigenvalue weighted by Gasteiger charge is 2.14. The average molecular weight is 508 g/mol. The number of rotatable bonds is 2. The molecule has 33 heavy (non-hydrogen) atoms. The molecule has 0 N–H and O–H groups in total. The Morgan fingerprint density at radius 2 is 0.970 bits per heavy atom. The van der Waals surface area contributed by atoms with Crippen LogP contribution in [0.1, 0.15) is 137 Å². The van der Waals surface area contributed by atoms with E-state index in [9.17, 15) is 0 Å². The van der Waals surface area contributed by atoms with Gasteiger partial charge in [0.05, 0.1) is 0 Å². The highest BCUT2D eigenvalue weighted by atomic mass is 32.2. The normalized spacial score (nSPS) is 10.4. The molecular formula is C30H69NS2. The third-order valence-corrected chi connectivity index (χ3v) is 3.47. The molecule has 0 aliphatic heterocycles. The van der Waals surface area contributed by atoms with Gasteiger partial charge in [-0.3, -0.25) is 0 Å². The van der Waals surface area contributed by atoms with Crippen molar-refractivity contribution >= 4 is 28.3 Å². The Kier molecular flexibility index (Phi) is 37.3. The Hall–Kier alpha value is -0.0200. The van der Waals surface area contributed by atoms with Crippen LogP contribution in [0.25, 0.3) is 0 Å². The molecule has 0 amide bonds. The first kappa shape index (κ1) is 46.3. The largest absolute Gasteiger partial charge is 0.364 e. The Labute approximate surface area is 224 Å². The van der Waals surface area contributed by atoms with Crippen LogP contribution in [-0.2, 0) is 0 Å². The molecule has 0 rings (SSSR count). The van der Waals surface area contributed by atoms with Crippen LogP contribution in [0, 0.1) is 22.7 Å². The van der Waals surface area contributed by atoms with E-state index in [-0.39, 0.29) is 4.75 Å². The van der Waals surface area contributed by atoms with Gasteiger partial charge in [0, 0.05) is 18.8 Å².